The molecule has 2 heterocycles. The zero-order chi connectivity index (χ0) is 29.6. The molecule has 0 bridgehead atoms. The summed E-state index contributed by atoms with van der Waals surface area (Å²) in [6.45, 7) is 3.74. The van der Waals surface area contributed by atoms with Crippen molar-refractivity contribution in [3.05, 3.63) is 111 Å². The van der Waals surface area contributed by atoms with Crippen LogP contribution in [0.15, 0.2) is 90.2 Å². The third-order valence-corrected chi connectivity index (χ3v) is 7.32. The molecule has 5 rings (SSSR count). The smallest absolute Gasteiger partial charge is 0.481 e. The van der Waals surface area contributed by atoms with Gasteiger partial charge in [0, 0.05) is 5.92 Å². The Kier molecular flexibility index (Phi) is 8.55. The highest BCUT2D eigenvalue weighted by Gasteiger charge is 2.27. The second-order valence-electron chi connectivity index (χ2n) is 9.96. The molecule has 0 radical (unpaired) electrons. The number of carbonyl (C=O) groups excluding carboxylic acids is 1. The molecule has 3 N–H and O–H groups in total. The molecule has 0 saturated heterocycles. The van der Waals surface area contributed by atoms with Crippen LogP contribution in [0, 0.1) is 18.8 Å². The van der Waals surface area contributed by atoms with E-state index in [1.807, 2.05) is 31.2 Å². The first-order valence-corrected chi connectivity index (χ1v) is 13.7. The van der Waals surface area contributed by atoms with Crippen molar-refractivity contribution in [3.63, 3.8) is 0 Å². The molecule has 1 aromatic heterocycles. The molecule has 0 amide bonds. The largest absolute Gasteiger partial charge is 0.519 e. The highest BCUT2D eigenvalue weighted by molar-refractivity contribution is 5.97. The summed E-state index contributed by atoms with van der Waals surface area (Å²) in [5, 5.41) is 12.4. The first-order chi connectivity index (χ1) is 20.4. The Hall–Kier alpha value is -5.08. The molecule has 42 heavy (non-hydrogen) atoms. The van der Waals surface area contributed by atoms with Gasteiger partial charge in [-0.3, -0.25) is 0 Å². The summed E-state index contributed by atoms with van der Waals surface area (Å²) in [5.74, 6) is -0.572. The predicted octanol–water partition coefficient (Wildman–Crippen LogP) is 5.24. The van der Waals surface area contributed by atoms with E-state index in [0.717, 1.165) is 22.3 Å². The van der Waals surface area contributed by atoms with Gasteiger partial charge in [-0.2, -0.15) is 0 Å². The van der Waals surface area contributed by atoms with Crippen LogP contribution in [0.25, 0.3) is 5.57 Å². The zero-order valence-electron chi connectivity index (χ0n) is 23.3. The van der Waals surface area contributed by atoms with Crippen LogP contribution in [-0.2, 0) is 28.9 Å². The normalized spacial score (nSPS) is 18.1. The van der Waals surface area contributed by atoms with Crippen molar-refractivity contribution in [1.82, 2.24) is 0 Å². The van der Waals surface area contributed by atoms with Crippen molar-refractivity contribution in [2.24, 2.45) is 27.7 Å². The lowest BCUT2D eigenvalue weighted by Gasteiger charge is -2.19. The first-order valence-electron chi connectivity index (χ1n) is 13.7. The van der Waals surface area contributed by atoms with E-state index < -0.39 is 11.8 Å². The first kappa shape index (κ1) is 28.4. The number of nitrogens with zero attached hydrogens (tertiary/aromatic N) is 2. The number of benzene rings is 2. The molecule has 0 saturated carbocycles. The fourth-order valence-electron chi connectivity index (χ4n) is 5.17. The van der Waals surface area contributed by atoms with Gasteiger partial charge in [0.05, 0.1) is 23.8 Å². The quantitative estimate of drug-likeness (QED) is 0.0934. The molecule has 1 aliphatic carbocycles. The molecule has 10 heteroatoms. The van der Waals surface area contributed by atoms with E-state index in [0.29, 0.717) is 43.0 Å². The number of carbonyl (C=O) groups is 1. The summed E-state index contributed by atoms with van der Waals surface area (Å²) in [4.78, 5) is 29.2. The van der Waals surface area contributed by atoms with Crippen LogP contribution >= 0.6 is 0 Å². The van der Waals surface area contributed by atoms with Gasteiger partial charge in [0.1, 0.15) is 0 Å². The van der Waals surface area contributed by atoms with Crippen LogP contribution in [0.4, 0.5) is 5.69 Å². The Balaban J connectivity index is 1.33. The van der Waals surface area contributed by atoms with Gasteiger partial charge in [-0.25, -0.2) is 14.6 Å². The fraction of sp³-hybridized carbons (Fsp3) is 0.281. The molecule has 1 unspecified atom stereocenters. The predicted molar refractivity (Wildman–Crippen MR) is 156 cm³/mol. The molecule has 2 atom stereocenters. The van der Waals surface area contributed by atoms with E-state index in [1.54, 1.807) is 31.2 Å². The van der Waals surface area contributed by atoms with Crippen molar-refractivity contribution in [2.75, 3.05) is 6.61 Å². The minimum Gasteiger partial charge on any atom is -0.481 e. The van der Waals surface area contributed by atoms with Gasteiger partial charge in [-0.05, 0) is 85.7 Å². The van der Waals surface area contributed by atoms with Gasteiger partial charge >= 0.3 is 11.8 Å². The molecular formula is C32H31N3O7. The van der Waals surface area contributed by atoms with Crippen molar-refractivity contribution >= 4 is 29.0 Å². The number of nitrogens with two attached hydrogens (primary N) is 1. The molecule has 2 aliphatic rings. The molecule has 1 aliphatic heterocycles. The number of amidine groups is 1. The topological polar surface area (TPSA) is 150 Å². The lowest BCUT2D eigenvalue weighted by molar-refractivity contribution is 0.0441. The van der Waals surface area contributed by atoms with Crippen LogP contribution in [-0.4, -0.2) is 29.5 Å². The third kappa shape index (κ3) is 6.14. The average molecular weight is 570 g/mol. The second-order valence-corrected chi connectivity index (χ2v) is 9.96. The van der Waals surface area contributed by atoms with Gasteiger partial charge in [-0.1, -0.05) is 35.5 Å². The Morgan fingerprint density at radius 3 is 2.74 bits per heavy atom. The number of aryl methyl sites for hydroxylation is 1. The van der Waals surface area contributed by atoms with Gasteiger partial charge in [-0.15, -0.1) is 5.73 Å². The Labute approximate surface area is 242 Å². The number of rotatable bonds is 8. The minimum absolute atomic E-state index is 0.0143. The van der Waals surface area contributed by atoms with E-state index >= 15 is 0 Å². The summed E-state index contributed by atoms with van der Waals surface area (Å²) < 4.78 is 21.2. The lowest BCUT2D eigenvalue weighted by atomic mass is 9.87. The van der Waals surface area contributed by atoms with Gasteiger partial charge in [0.25, 0.3) is 0 Å². The molecule has 0 fully saturated rings. The summed E-state index contributed by atoms with van der Waals surface area (Å²) in [7, 11) is 0. The van der Waals surface area contributed by atoms with Crippen molar-refractivity contribution in [2.45, 2.75) is 39.7 Å². The van der Waals surface area contributed by atoms with E-state index in [-0.39, 0.29) is 35.8 Å². The number of hydrogen-bond acceptors (Lipinski definition) is 9. The van der Waals surface area contributed by atoms with Crippen molar-refractivity contribution in [3.8, 4) is 0 Å². The maximum Gasteiger partial charge on any atom is 0.519 e. The standard InChI is InChI=1S/C32H31N3O7/c1-3-39-30-22(17-20-11-13-21(14-12-20)23-7-4-5-8-25(23)29(33)35-38)15-16-24-26(9-6-10-27(24)34-30)31(36)40-18-28-19(2)41-32(37)42-28/h4,6-14,22,25,38H,3,15-18H2,1-2H3,(H2,33,35)/t22-,25?/m1/s1. The second kappa shape index (κ2) is 12.6. The van der Waals surface area contributed by atoms with Gasteiger partial charge < -0.3 is 29.2 Å². The maximum atomic E-state index is 13.1. The van der Waals surface area contributed by atoms with Crippen LogP contribution in [0.1, 0.15) is 51.9 Å². The molecule has 216 valence electrons. The number of allylic oxidation sites excluding steroid dienone is 1. The number of fused-ring (bicyclic) bond motifs is 1. The Morgan fingerprint density at radius 2 is 2.02 bits per heavy atom. The highest BCUT2D eigenvalue weighted by Crippen LogP contribution is 2.33. The SMILES string of the molecule is CCOC1=Nc2cccc(C(=O)OCc3oc(=O)oc3C)c2CC[C@@H]1Cc1ccc(C2=CC=C=CC2/C(N)=N/O)cc1. The highest BCUT2D eigenvalue weighted by atomic mass is 16.6. The molecule has 2 aromatic carbocycles. The maximum absolute atomic E-state index is 13.1. The number of hydrogen-bond donors (Lipinski definition) is 2. The van der Waals surface area contributed by atoms with Crippen LogP contribution in [0.2, 0.25) is 0 Å². The van der Waals surface area contributed by atoms with Gasteiger partial charge in [0.15, 0.2) is 29.9 Å². The molecule has 10 nitrogen and oxygen atoms in total. The zero-order valence-corrected chi connectivity index (χ0v) is 23.3. The summed E-state index contributed by atoms with van der Waals surface area (Å²) in [6, 6.07) is 13.5. The fourth-order valence-corrected chi connectivity index (χ4v) is 5.17. The number of esters is 1. The summed E-state index contributed by atoms with van der Waals surface area (Å²) >= 11 is 0. The van der Waals surface area contributed by atoms with Crippen molar-refractivity contribution in [1.29, 1.82) is 0 Å². The minimum atomic E-state index is -0.837. The Bertz CT molecular complexity index is 1690. The molecule has 0 spiro atoms. The van der Waals surface area contributed by atoms with E-state index in [9.17, 15) is 14.8 Å². The number of oxime groups is 1. The average Bonchev–Trinajstić information content (AvgIpc) is 3.23. The van der Waals surface area contributed by atoms with Crippen molar-refractivity contribution < 1.29 is 28.3 Å². The molecule has 3 aromatic rings. The van der Waals surface area contributed by atoms with Gasteiger partial charge in [0.2, 0.25) is 0 Å². The van der Waals surface area contributed by atoms with E-state index in [1.165, 1.54) is 0 Å². The van der Waals surface area contributed by atoms with Crippen LogP contribution < -0.4 is 11.6 Å². The Morgan fingerprint density at radius 1 is 1.21 bits per heavy atom. The third-order valence-electron chi connectivity index (χ3n) is 7.32. The summed E-state index contributed by atoms with van der Waals surface area (Å²) in [5.41, 5.74) is 13.7. The lowest BCUT2D eigenvalue weighted by Crippen LogP contribution is -2.24. The number of aliphatic imine (C=N–C) groups is 1. The van der Waals surface area contributed by atoms with Crippen LogP contribution in [0.5, 0.6) is 0 Å². The van der Waals surface area contributed by atoms with Crippen LogP contribution in [0.3, 0.4) is 0 Å². The summed E-state index contributed by atoms with van der Waals surface area (Å²) in [6.07, 6.45) is 7.48. The van der Waals surface area contributed by atoms with E-state index in [4.69, 9.17) is 29.0 Å². The molecular weight excluding hydrogens is 538 g/mol. The van der Waals surface area contributed by atoms with E-state index in [2.05, 4.69) is 23.0 Å². The monoisotopic (exact) mass is 569 g/mol. The number of ether oxygens (including phenoxy) is 2.